The third-order valence-electron chi connectivity index (χ3n) is 11.6. The minimum atomic E-state index is -0.414. The fraction of sp³-hybridized carbons (Fsp3) is 0.120. The zero-order chi connectivity index (χ0) is 34.6. The number of benzene rings is 6. The molecule has 248 valence electrons. The fourth-order valence-corrected chi connectivity index (χ4v) is 9.16. The van der Waals surface area contributed by atoms with Crippen molar-refractivity contribution in [2.45, 2.75) is 31.6 Å². The van der Waals surface area contributed by atoms with E-state index in [0.717, 1.165) is 41.9 Å². The number of aliphatic imine (C=N–C) groups is 2. The van der Waals surface area contributed by atoms with Crippen LogP contribution in [0.25, 0.3) is 39.1 Å². The van der Waals surface area contributed by atoms with E-state index < -0.39 is 5.41 Å². The minimum absolute atomic E-state index is 0.263. The molecule has 1 aliphatic heterocycles. The second kappa shape index (κ2) is 12.3. The molecule has 1 atom stereocenters. The highest BCUT2D eigenvalue weighted by Crippen LogP contribution is 2.63. The van der Waals surface area contributed by atoms with E-state index >= 15 is 0 Å². The Hall–Kier alpha value is -6.12. The summed E-state index contributed by atoms with van der Waals surface area (Å²) in [7, 11) is 0. The van der Waals surface area contributed by atoms with Crippen molar-refractivity contribution in [1.82, 2.24) is 0 Å². The van der Waals surface area contributed by atoms with Gasteiger partial charge in [-0.05, 0) is 87.4 Å². The molecule has 0 radical (unpaired) electrons. The summed E-state index contributed by atoms with van der Waals surface area (Å²) in [6, 6.07) is 53.4. The summed E-state index contributed by atoms with van der Waals surface area (Å²) in [5.41, 5.74) is 18.2. The number of hydrogen-bond acceptors (Lipinski definition) is 2. The van der Waals surface area contributed by atoms with Crippen LogP contribution in [-0.2, 0) is 5.41 Å². The molecule has 0 saturated carbocycles. The van der Waals surface area contributed by atoms with Gasteiger partial charge in [0.25, 0.3) is 0 Å². The van der Waals surface area contributed by atoms with Crippen molar-refractivity contribution in [3.8, 4) is 33.4 Å². The molecule has 52 heavy (non-hydrogen) atoms. The Morgan fingerprint density at radius 2 is 1.08 bits per heavy atom. The highest BCUT2D eigenvalue weighted by atomic mass is 14.9. The van der Waals surface area contributed by atoms with Crippen molar-refractivity contribution >= 4 is 17.2 Å². The first-order chi connectivity index (χ1) is 25.7. The molecule has 4 aliphatic rings. The Labute approximate surface area is 306 Å². The van der Waals surface area contributed by atoms with Gasteiger partial charge in [-0.25, -0.2) is 9.98 Å². The molecule has 1 spiro atoms. The van der Waals surface area contributed by atoms with Gasteiger partial charge in [0.05, 0.1) is 11.1 Å². The van der Waals surface area contributed by atoms with E-state index in [4.69, 9.17) is 9.98 Å². The first-order valence-corrected chi connectivity index (χ1v) is 18.5. The number of rotatable bonds is 4. The summed E-state index contributed by atoms with van der Waals surface area (Å²) in [6.45, 7) is 2.26. The van der Waals surface area contributed by atoms with Crippen LogP contribution in [0.3, 0.4) is 0 Å². The molecule has 0 saturated heterocycles. The molecule has 0 amide bonds. The van der Waals surface area contributed by atoms with E-state index in [9.17, 15) is 0 Å². The Kier molecular flexibility index (Phi) is 7.25. The molecule has 1 heterocycles. The van der Waals surface area contributed by atoms with Gasteiger partial charge in [-0.3, -0.25) is 0 Å². The minimum Gasteiger partial charge on any atom is -0.237 e. The van der Waals surface area contributed by atoms with Crippen LogP contribution in [0.5, 0.6) is 0 Å². The van der Waals surface area contributed by atoms with E-state index in [-0.39, 0.29) is 5.92 Å². The lowest BCUT2D eigenvalue weighted by Crippen LogP contribution is -2.26. The summed E-state index contributed by atoms with van der Waals surface area (Å²) in [5.74, 6) is 1.06. The maximum atomic E-state index is 5.63. The Balaban J connectivity index is 1.21. The highest BCUT2D eigenvalue weighted by molar-refractivity contribution is 6.15. The number of amidine groups is 1. The van der Waals surface area contributed by atoms with Gasteiger partial charge in [0.2, 0.25) is 0 Å². The van der Waals surface area contributed by atoms with Crippen LogP contribution in [-0.4, -0.2) is 11.5 Å². The van der Waals surface area contributed by atoms with Gasteiger partial charge in [0.15, 0.2) is 5.84 Å². The van der Waals surface area contributed by atoms with E-state index in [1.807, 2.05) is 0 Å². The fourth-order valence-electron chi connectivity index (χ4n) is 9.16. The number of fused-ring (bicyclic) bond motifs is 10. The molecule has 0 bridgehead atoms. The maximum absolute atomic E-state index is 5.63. The highest BCUT2D eigenvalue weighted by Gasteiger charge is 2.52. The van der Waals surface area contributed by atoms with Gasteiger partial charge >= 0.3 is 0 Å². The van der Waals surface area contributed by atoms with Gasteiger partial charge < -0.3 is 0 Å². The molecule has 6 aromatic carbocycles. The molecule has 0 N–H and O–H groups in total. The second-order valence-corrected chi connectivity index (χ2v) is 14.4. The third kappa shape index (κ3) is 4.64. The Morgan fingerprint density at radius 1 is 0.500 bits per heavy atom. The maximum Gasteiger partial charge on any atom is 0.160 e. The molecule has 6 aromatic rings. The van der Waals surface area contributed by atoms with Gasteiger partial charge in [-0.2, -0.15) is 0 Å². The zero-order valence-electron chi connectivity index (χ0n) is 29.3. The van der Waals surface area contributed by atoms with E-state index in [0.29, 0.717) is 0 Å². The van der Waals surface area contributed by atoms with Crippen molar-refractivity contribution in [1.29, 1.82) is 0 Å². The van der Waals surface area contributed by atoms with Crippen molar-refractivity contribution in [2.75, 3.05) is 0 Å². The van der Waals surface area contributed by atoms with Crippen molar-refractivity contribution < 1.29 is 0 Å². The lowest BCUT2D eigenvalue weighted by atomic mass is 9.70. The van der Waals surface area contributed by atoms with Gasteiger partial charge in [-0.15, -0.1) is 0 Å². The third-order valence-corrected chi connectivity index (χ3v) is 11.6. The molecular formula is C50H38N2. The monoisotopic (exact) mass is 666 g/mol. The van der Waals surface area contributed by atoms with Crippen molar-refractivity contribution in [2.24, 2.45) is 15.9 Å². The van der Waals surface area contributed by atoms with Crippen LogP contribution in [0.1, 0.15) is 59.6 Å². The summed E-state index contributed by atoms with van der Waals surface area (Å²) in [5, 5.41) is 0. The smallest absolute Gasteiger partial charge is 0.160 e. The van der Waals surface area contributed by atoms with Crippen LogP contribution in [0, 0.1) is 5.92 Å². The topological polar surface area (TPSA) is 24.7 Å². The molecular weight excluding hydrogens is 629 g/mol. The second-order valence-electron chi connectivity index (χ2n) is 14.4. The summed E-state index contributed by atoms with van der Waals surface area (Å²) in [4.78, 5) is 11.2. The molecule has 2 nitrogen and oxygen atoms in total. The van der Waals surface area contributed by atoms with E-state index in [2.05, 4.69) is 177 Å². The zero-order valence-corrected chi connectivity index (χ0v) is 29.3. The van der Waals surface area contributed by atoms with Gasteiger partial charge in [0, 0.05) is 22.8 Å². The number of allylic oxidation sites excluding steroid dienone is 5. The van der Waals surface area contributed by atoms with Crippen molar-refractivity contribution in [3.63, 3.8) is 0 Å². The van der Waals surface area contributed by atoms with Crippen LogP contribution in [0.2, 0.25) is 0 Å². The van der Waals surface area contributed by atoms with Crippen LogP contribution >= 0.6 is 0 Å². The predicted molar refractivity (Wildman–Crippen MR) is 217 cm³/mol. The molecule has 1 unspecified atom stereocenters. The average Bonchev–Trinajstić information content (AvgIpc) is 3.68. The standard InChI is InChI=1S/C50H38N2/c1-33-27-32-46(36-17-6-3-7-18-36)51-49(52-48(33)37-30-28-35(29-31-37)34-15-4-2-5-16-34)41-22-14-26-45-47(41)40-21-10-13-25-44(40)50(45)42-23-11-8-19-38(42)39-20-9-12-24-43(39)50/h2-17,19-26,28-31,36H,18,27,32H2,1H3/b48-33-,51-46?,52-49?. The summed E-state index contributed by atoms with van der Waals surface area (Å²) >= 11 is 0. The summed E-state index contributed by atoms with van der Waals surface area (Å²) < 4.78 is 0. The molecule has 0 aromatic heterocycles. The SMILES string of the molecule is C/C1=C(\c2ccc(-c3ccccc3)cc2)N=C(c2cccc3c2-c2ccccc2C32c3ccccc3-c3ccccc32)N=C(C2C=CC=CC2)CC1. The first-order valence-electron chi connectivity index (χ1n) is 18.5. The Bertz CT molecular complexity index is 2500. The lowest BCUT2D eigenvalue weighted by Gasteiger charge is -2.30. The van der Waals surface area contributed by atoms with E-state index in [1.54, 1.807) is 0 Å². The quantitative estimate of drug-likeness (QED) is 0.179. The van der Waals surface area contributed by atoms with Crippen molar-refractivity contribution in [3.05, 3.63) is 209 Å². The summed E-state index contributed by atoms with van der Waals surface area (Å²) in [6.07, 6.45) is 11.7. The van der Waals surface area contributed by atoms with Crippen LogP contribution in [0.15, 0.2) is 185 Å². The predicted octanol–water partition coefficient (Wildman–Crippen LogP) is 12.2. The molecule has 0 fully saturated rings. The van der Waals surface area contributed by atoms with Gasteiger partial charge in [0.1, 0.15) is 0 Å². The molecule has 2 heteroatoms. The van der Waals surface area contributed by atoms with Crippen LogP contribution < -0.4 is 0 Å². The number of hydrogen-bond donors (Lipinski definition) is 0. The average molecular weight is 667 g/mol. The van der Waals surface area contributed by atoms with E-state index in [1.165, 1.54) is 66.9 Å². The van der Waals surface area contributed by atoms with Gasteiger partial charge in [-0.1, -0.05) is 170 Å². The Morgan fingerprint density at radius 3 is 1.77 bits per heavy atom. The largest absolute Gasteiger partial charge is 0.237 e. The number of nitrogens with zero attached hydrogens (tertiary/aromatic N) is 2. The normalized spacial score (nSPS) is 19.2. The molecule has 3 aliphatic carbocycles. The van der Waals surface area contributed by atoms with Crippen LogP contribution in [0.4, 0.5) is 0 Å². The lowest BCUT2D eigenvalue weighted by molar-refractivity contribution is 0.793. The molecule has 10 rings (SSSR count). The first kappa shape index (κ1) is 30.7.